The molecular weight excluding hydrogens is 348 g/mol. The average molecular weight is 375 g/mol. The summed E-state index contributed by atoms with van der Waals surface area (Å²) in [5, 5.41) is 9.84. The number of amides is 1. The SMILES string of the molecule is CC(=O)Nc1cc([C@](C)(S)N2CC[C@H](Cc3ncc(C)nc3C)C2)[nH]n1. The minimum Gasteiger partial charge on any atom is -0.309 e. The normalized spacial score (nSPS) is 20.1. The number of carbonyl (C=O) groups is 1. The van der Waals surface area contributed by atoms with Gasteiger partial charge in [0.25, 0.3) is 0 Å². The summed E-state index contributed by atoms with van der Waals surface area (Å²) in [4.78, 5) is 22.1. The molecule has 2 aromatic rings. The molecule has 1 aliphatic heterocycles. The molecule has 2 N–H and O–H groups in total. The van der Waals surface area contributed by atoms with Crippen molar-refractivity contribution in [3.8, 4) is 0 Å². The van der Waals surface area contributed by atoms with Crippen LogP contribution >= 0.6 is 12.6 Å². The fourth-order valence-electron chi connectivity index (χ4n) is 3.47. The lowest BCUT2D eigenvalue weighted by atomic mass is 10.0. The van der Waals surface area contributed by atoms with E-state index in [-0.39, 0.29) is 5.91 Å². The van der Waals surface area contributed by atoms with Crippen molar-refractivity contribution in [1.29, 1.82) is 0 Å². The maximum absolute atomic E-state index is 11.2. The highest BCUT2D eigenvalue weighted by Crippen LogP contribution is 2.37. The summed E-state index contributed by atoms with van der Waals surface area (Å²) in [6.45, 7) is 9.41. The minimum atomic E-state index is -0.480. The molecule has 0 bridgehead atoms. The van der Waals surface area contributed by atoms with Crippen LogP contribution in [0.1, 0.15) is 43.0 Å². The second-order valence-corrected chi connectivity index (χ2v) is 8.09. The Kier molecular flexibility index (Phi) is 5.34. The lowest BCUT2D eigenvalue weighted by molar-refractivity contribution is -0.114. The van der Waals surface area contributed by atoms with E-state index in [9.17, 15) is 4.79 Å². The molecular formula is C18H26N6OS. The van der Waals surface area contributed by atoms with Crippen LogP contribution in [0, 0.1) is 19.8 Å². The van der Waals surface area contributed by atoms with Gasteiger partial charge in [-0.3, -0.25) is 24.8 Å². The third kappa shape index (κ3) is 4.07. The number of rotatable bonds is 5. The number of H-pyrrole nitrogens is 1. The minimum absolute atomic E-state index is 0.139. The molecule has 2 atom stereocenters. The van der Waals surface area contributed by atoms with E-state index in [1.165, 1.54) is 6.92 Å². The van der Waals surface area contributed by atoms with Crippen LogP contribution in [0.2, 0.25) is 0 Å². The predicted octanol–water partition coefficient (Wildman–Crippen LogP) is 2.44. The summed E-state index contributed by atoms with van der Waals surface area (Å²) in [7, 11) is 0. The van der Waals surface area contributed by atoms with E-state index in [0.29, 0.717) is 11.7 Å². The number of hydrogen-bond donors (Lipinski definition) is 3. The second kappa shape index (κ2) is 7.36. The van der Waals surface area contributed by atoms with Gasteiger partial charge in [0.1, 0.15) is 4.87 Å². The smallest absolute Gasteiger partial charge is 0.222 e. The number of anilines is 1. The van der Waals surface area contributed by atoms with Gasteiger partial charge in [-0.1, -0.05) is 0 Å². The van der Waals surface area contributed by atoms with Crippen molar-refractivity contribution in [1.82, 2.24) is 25.1 Å². The van der Waals surface area contributed by atoms with Crippen LogP contribution in [0.25, 0.3) is 0 Å². The number of nitrogens with zero attached hydrogens (tertiary/aromatic N) is 4. The Bertz CT molecular complexity index is 803. The molecule has 140 valence electrons. The lowest BCUT2D eigenvalue weighted by Crippen LogP contribution is -2.38. The van der Waals surface area contributed by atoms with Crippen LogP contribution in [-0.4, -0.2) is 44.1 Å². The van der Waals surface area contributed by atoms with Gasteiger partial charge in [0.15, 0.2) is 5.82 Å². The summed E-state index contributed by atoms with van der Waals surface area (Å²) in [6, 6.07) is 1.84. The summed E-state index contributed by atoms with van der Waals surface area (Å²) < 4.78 is 0. The highest BCUT2D eigenvalue weighted by atomic mass is 32.1. The number of aromatic amines is 1. The van der Waals surface area contributed by atoms with Gasteiger partial charge in [-0.05, 0) is 39.5 Å². The molecule has 1 fully saturated rings. The van der Waals surface area contributed by atoms with Crippen LogP contribution in [0.15, 0.2) is 12.3 Å². The first-order valence-electron chi connectivity index (χ1n) is 8.85. The van der Waals surface area contributed by atoms with Crippen molar-refractivity contribution >= 4 is 24.4 Å². The molecule has 3 heterocycles. The Morgan fingerprint density at radius 2 is 2.27 bits per heavy atom. The topological polar surface area (TPSA) is 86.8 Å². The van der Waals surface area contributed by atoms with Crippen molar-refractivity contribution in [2.45, 2.75) is 45.4 Å². The van der Waals surface area contributed by atoms with Crippen molar-refractivity contribution in [2.75, 3.05) is 18.4 Å². The number of likely N-dealkylation sites (tertiary alicyclic amines) is 1. The lowest BCUT2D eigenvalue weighted by Gasteiger charge is -2.33. The van der Waals surface area contributed by atoms with E-state index in [2.05, 4.69) is 37.3 Å². The zero-order valence-corrected chi connectivity index (χ0v) is 16.6. The largest absolute Gasteiger partial charge is 0.309 e. The van der Waals surface area contributed by atoms with E-state index < -0.39 is 4.87 Å². The van der Waals surface area contributed by atoms with Gasteiger partial charge in [0, 0.05) is 32.3 Å². The van der Waals surface area contributed by atoms with E-state index in [0.717, 1.165) is 48.7 Å². The van der Waals surface area contributed by atoms with Crippen LogP contribution in [0.4, 0.5) is 5.82 Å². The Hall–Kier alpha value is -1.93. The van der Waals surface area contributed by atoms with Crippen LogP contribution in [0.5, 0.6) is 0 Å². The Balaban J connectivity index is 1.66. The van der Waals surface area contributed by atoms with Crippen molar-refractivity contribution < 1.29 is 4.79 Å². The van der Waals surface area contributed by atoms with Crippen molar-refractivity contribution in [3.63, 3.8) is 0 Å². The fraction of sp³-hybridized carbons (Fsp3) is 0.556. The summed E-state index contributed by atoms with van der Waals surface area (Å²) in [5.41, 5.74) is 3.93. The standard InChI is InChI=1S/C18H26N6OS/c1-11-9-19-15(12(2)20-11)7-14-5-6-24(10-14)18(4,26)16-8-17(23-22-16)21-13(3)25/h8-9,14,26H,5-7,10H2,1-4H3,(H2,21,22,23,25)/t14-,18+/m1/s1. The maximum Gasteiger partial charge on any atom is 0.222 e. The molecule has 0 aliphatic carbocycles. The zero-order chi connectivity index (χ0) is 18.9. The summed E-state index contributed by atoms with van der Waals surface area (Å²) in [5.74, 6) is 0.906. The number of nitrogens with one attached hydrogen (secondary N) is 2. The molecule has 0 aromatic carbocycles. The molecule has 0 spiro atoms. The first-order valence-corrected chi connectivity index (χ1v) is 9.30. The zero-order valence-electron chi connectivity index (χ0n) is 15.7. The highest BCUT2D eigenvalue weighted by Gasteiger charge is 2.37. The molecule has 8 heteroatoms. The molecule has 1 amide bonds. The van der Waals surface area contributed by atoms with Gasteiger partial charge in [0.2, 0.25) is 5.91 Å². The molecule has 1 saturated heterocycles. The summed E-state index contributed by atoms with van der Waals surface area (Å²) in [6.07, 6.45) is 3.86. The first-order chi connectivity index (χ1) is 12.3. The number of carbonyl (C=O) groups excluding carboxylic acids is 1. The Morgan fingerprint density at radius 3 is 2.96 bits per heavy atom. The fourth-order valence-corrected chi connectivity index (χ4v) is 3.77. The number of aromatic nitrogens is 4. The van der Waals surface area contributed by atoms with E-state index in [1.54, 1.807) is 0 Å². The molecule has 2 aromatic heterocycles. The first kappa shape index (κ1) is 18.8. The maximum atomic E-state index is 11.2. The second-order valence-electron chi connectivity index (χ2n) is 7.22. The monoisotopic (exact) mass is 374 g/mol. The summed E-state index contributed by atoms with van der Waals surface area (Å²) >= 11 is 4.89. The van der Waals surface area contributed by atoms with Gasteiger partial charge < -0.3 is 5.32 Å². The third-order valence-electron chi connectivity index (χ3n) is 4.94. The number of thiol groups is 1. The quantitative estimate of drug-likeness (QED) is 0.700. The predicted molar refractivity (Wildman–Crippen MR) is 104 cm³/mol. The molecule has 0 saturated carbocycles. The van der Waals surface area contributed by atoms with E-state index in [4.69, 9.17) is 12.6 Å². The van der Waals surface area contributed by atoms with Crippen molar-refractivity contribution in [2.24, 2.45) is 5.92 Å². The third-order valence-corrected chi connectivity index (χ3v) is 5.47. The molecule has 26 heavy (non-hydrogen) atoms. The molecule has 7 nitrogen and oxygen atoms in total. The van der Waals surface area contributed by atoms with E-state index in [1.807, 2.05) is 26.1 Å². The highest BCUT2D eigenvalue weighted by molar-refractivity contribution is 7.81. The van der Waals surface area contributed by atoms with Crippen LogP contribution in [-0.2, 0) is 16.1 Å². The van der Waals surface area contributed by atoms with Crippen LogP contribution < -0.4 is 5.32 Å². The average Bonchev–Trinajstić information content (AvgIpc) is 3.19. The van der Waals surface area contributed by atoms with Gasteiger partial charge in [-0.15, -0.1) is 0 Å². The Labute approximate surface area is 159 Å². The van der Waals surface area contributed by atoms with Gasteiger partial charge in [-0.2, -0.15) is 17.7 Å². The van der Waals surface area contributed by atoms with Crippen molar-refractivity contribution in [3.05, 3.63) is 35.0 Å². The van der Waals surface area contributed by atoms with E-state index >= 15 is 0 Å². The Morgan fingerprint density at radius 1 is 1.50 bits per heavy atom. The molecule has 0 unspecified atom stereocenters. The van der Waals surface area contributed by atoms with Gasteiger partial charge >= 0.3 is 0 Å². The van der Waals surface area contributed by atoms with Crippen LogP contribution in [0.3, 0.4) is 0 Å². The van der Waals surface area contributed by atoms with Gasteiger partial charge in [0.05, 0.1) is 22.8 Å². The molecule has 3 rings (SSSR count). The molecule has 1 aliphatic rings. The number of hydrogen-bond acceptors (Lipinski definition) is 6. The van der Waals surface area contributed by atoms with Gasteiger partial charge in [-0.25, -0.2) is 0 Å². The number of aryl methyl sites for hydroxylation is 2. The molecule has 0 radical (unpaired) electrons.